The molecule has 2 amide bonds. The van der Waals surface area contributed by atoms with Crippen LogP contribution < -0.4 is 5.32 Å². The average molecular weight is 387 g/mol. The van der Waals surface area contributed by atoms with Gasteiger partial charge in [0.05, 0.1) is 13.2 Å². The third kappa shape index (κ3) is 5.55. The van der Waals surface area contributed by atoms with Gasteiger partial charge in [0.2, 0.25) is 5.91 Å². The Morgan fingerprint density at radius 2 is 1.96 bits per heavy atom. The van der Waals surface area contributed by atoms with Crippen LogP contribution in [-0.2, 0) is 9.53 Å². The predicted octanol–water partition coefficient (Wildman–Crippen LogP) is 3.45. The van der Waals surface area contributed by atoms with E-state index in [0.29, 0.717) is 49.7 Å². The Morgan fingerprint density at radius 3 is 2.74 bits per heavy atom. The minimum Gasteiger partial charge on any atom is -0.370 e. The molecule has 6 heteroatoms. The molecule has 2 aromatic rings. The first kappa shape index (κ1) is 19.4. The number of carbonyl (C=O) groups excluding carboxylic acids is 2. The van der Waals surface area contributed by atoms with Gasteiger partial charge in [-0.1, -0.05) is 48.0 Å². The number of halogens is 1. The predicted molar refractivity (Wildman–Crippen MR) is 105 cm³/mol. The fourth-order valence-corrected chi connectivity index (χ4v) is 3.27. The summed E-state index contributed by atoms with van der Waals surface area (Å²) in [6.45, 7) is 2.16. The van der Waals surface area contributed by atoms with Crippen molar-refractivity contribution in [1.29, 1.82) is 0 Å². The highest BCUT2D eigenvalue weighted by Gasteiger charge is 2.24. The van der Waals surface area contributed by atoms with Crippen molar-refractivity contribution in [3.8, 4) is 0 Å². The minimum absolute atomic E-state index is 0.0774. The van der Waals surface area contributed by atoms with Crippen LogP contribution in [0.25, 0.3) is 0 Å². The molecule has 1 N–H and O–H groups in total. The molecular formula is C21H23ClN2O3. The number of hydrogen-bond acceptors (Lipinski definition) is 3. The summed E-state index contributed by atoms with van der Waals surface area (Å²) in [6.07, 6.45) is 0.918. The van der Waals surface area contributed by atoms with E-state index >= 15 is 0 Å². The molecule has 27 heavy (non-hydrogen) atoms. The smallest absolute Gasteiger partial charge is 0.251 e. The maximum Gasteiger partial charge on any atom is 0.251 e. The number of amides is 2. The van der Waals surface area contributed by atoms with Gasteiger partial charge in [0.15, 0.2) is 0 Å². The molecule has 1 saturated heterocycles. The molecule has 1 aliphatic heterocycles. The molecule has 1 atom stereocenters. The van der Waals surface area contributed by atoms with Crippen LogP contribution >= 0.6 is 11.6 Å². The Labute approximate surface area is 164 Å². The summed E-state index contributed by atoms with van der Waals surface area (Å²) in [5.41, 5.74) is 1.61. The summed E-state index contributed by atoms with van der Waals surface area (Å²) in [6, 6.07) is 16.7. The van der Waals surface area contributed by atoms with Gasteiger partial charge in [-0.3, -0.25) is 9.59 Å². The van der Waals surface area contributed by atoms with Crippen LogP contribution in [0.1, 0.15) is 34.9 Å². The van der Waals surface area contributed by atoms with Gasteiger partial charge >= 0.3 is 0 Å². The lowest BCUT2D eigenvalue weighted by molar-refractivity contribution is -0.139. The van der Waals surface area contributed by atoms with Crippen molar-refractivity contribution >= 4 is 23.4 Å². The molecular weight excluding hydrogens is 364 g/mol. The van der Waals surface area contributed by atoms with Gasteiger partial charge < -0.3 is 15.0 Å². The molecule has 3 rings (SSSR count). The molecule has 0 aliphatic carbocycles. The Hall–Kier alpha value is -2.37. The molecule has 0 bridgehead atoms. The number of benzene rings is 2. The van der Waals surface area contributed by atoms with Crippen molar-refractivity contribution in [3.05, 3.63) is 70.7 Å². The second-order valence-corrected chi connectivity index (χ2v) is 6.92. The minimum atomic E-state index is -0.180. The van der Waals surface area contributed by atoms with Crippen molar-refractivity contribution in [3.63, 3.8) is 0 Å². The van der Waals surface area contributed by atoms with E-state index in [-0.39, 0.29) is 17.9 Å². The first-order valence-corrected chi connectivity index (χ1v) is 9.49. The van der Waals surface area contributed by atoms with E-state index in [1.54, 1.807) is 24.3 Å². The van der Waals surface area contributed by atoms with Crippen molar-refractivity contribution < 1.29 is 14.3 Å². The SMILES string of the molecule is O=C(NCCCC(=O)N1CCOC(c2ccccc2)C1)c1cccc(Cl)c1. The molecule has 142 valence electrons. The number of nitrogens with zero attached hydrogens (tertiary/aromatic N) is 1. The maximum absolute atomic E-state index is 12.5. The second kappa shape index (κ2) is 9.53. The largest absolute Gasteiger partial charge is 0.370 e. The second-order valence-electron chi connectivity index (χ2n) is 6.48. The first-order valence-electron chi connectivity index (χ1n) is 9.11. The Bertz CT molecular complexity index is 782. The van der Waals surface area contributed by atoms with E-state index < -0.39 is 0 Å². The maximum atomic E-state index is 12.5. The zero-order valence-electron chi connectivity index (χ0n) is 15.1. The average Bonchev–Trinajstić information content (AvgIpc) is 2.71. The lowest BCUT2D eigenvalue weighted by Crippen LogP contribution is -2.42. The van der Waals surface area contributed by atoms with Crippen LogP contribution in [0.3, 0.4) is 0 Å². The zero-order chi connectivity index (χ0) is 19.1. The van der Waals surface area contributed by atoms with Crippen LogP contribution in [-0.4, -0.2) is 43.0 Å². The molecule has 0 aromatic heterocycles. The third-order valence-corrected chi connectivity index (χ3v) is 4.77. The van der Waals surface area contributed by atoms with Gasteiger partial charge in [-0.2, -0.15) is 0 Å². The van der Waals surface area contributed by atoms with Crippen LogP contribution in [0.5, 0.6) is 0 Å². The summed E-state index contributed by atoms with van der Waals surface area (Å²) in [7, 11) is 0. The van der Waals surface area contributed by atoms with Crippen LogP contribution in [0, 0.1) is 0 Å². The highest BCUT2D eigenvalue weighted by Crippen LogP contribution is 2.22. The molecule has 5 nitrogen and oxygen atoms in total. The van der Waals surface area contributed by atoms with Gasteiger partial charge in [0.25, 0.3) is 5.91 Å². The fraction of sp³-hybridized carbons (Fsp3) is 0.333. The number of rotatable bonds is 6. The van der Waals surface area contributed by atoms with Gasteiger partial charge in [-0.15, -0.1) is 0 Å². The summed E-state index contributed by atoms with van der Waals surface area (Å²) < 4.78 is 5.80. The van der Waals surface area contributed by atoms with E-state index in [4.69, 9.17) is 16.3 Å². The molecule has 1 fully saturated rings. The molecule has 0 spiro atoms. The summed E-state index contributed by atoms with van der Waals surface area (Å²) in [5, 5.41) is 3.35. The molecule has 1 unspecified atom stereocenters. The summed E-state index contributed by atoms with van der Waals surface area (Å²) in [5.74, 6) is -0.0864. The molecule has 0 radical (unpaired) electrons. The third-order valence-electron chi connectivity index (χ3n) is 4.53. The lowest BCUT2D eigenvalue weighted by Gasteiger charge is -2.33. The fourth-order valence-electron chi connectivity index (χ4n) is 3.08. The van der Waals surface area contributed by atoms with E-state index in [1.807, 2.05) is 35.2 Å². The number of hydrogen-bond donors (Lipinski definition) is 1. The van der Waals surface area contributed by atoms with E-state index in [2.05, 4.69) is 5.32 Å². The normalized spacial score (nSPS) is 16.8. The molecule has 1 aliphatic rings. The molecule has 2 aromatic carbocycles. The van der Waals surface area contributed by atoms with E-state index in [1.165, 1.54) is 0 Å². The first-order chi connectivity index (χ1) is 13.1. The standard InChI is InChI=1S/C21H23ClN2O3/c22-18-9-4-8-17(14-18)21(26)23-11-5-10-20(25)24-12-13-27-19(15-24)16-6-2-1-3-7-16/h1-4,6-9,14,19H,5,10-13,15H2,(H,23,26). The van der Waals surface area contributed by atoms with Gasteiger partial charge in [0.1, 0.15) is 6.10 Å². The molecule has 1 heterocycles. The highest BCUT2D eigenvalue weighted by atomic mass is 35.5. The van der Waals surface area contributed by atoms with Crippen molar-refractivity contribution in [1.82, 2.24) is 10.2 Å². The van der Waals surface area contributed by atoms with Gasteiger partial charge in [-0.05, 0) is 30.2 Å². The number of morpholine rings is 1. The van der Waals surface area contributed by atoms with Crippen LogP contribution in [0.15, 0.2) is 54.6 Å². The van der Waals surface area contributed by atoms with Crippen LogP contribution in [0.2, 0.25) is 5.02 Å². The van der Waals surface area contributed by atoms with E-state index in [9.17, 15) is 9.59 Å². The van der Waals surface area contributed by atoms with Gasteiger partial charge in [-0.25, -0.2) is 0 Å². The Morgan fingerprint density at radius 1 is 1.15 bits per heavy atom. The van der Waals surface area contributed by atoms with E-state index in [0.717, 1.165) is 5.56 Å². The van der Waals surface area contributed by atoms with Crippen molar-refractivity contribution in [2.75, 3.05) is 26.2 Å². The Kier molecular flexibility index (Phi) is 6.85. The van der Waals surface area contributed by atoms with Crippen LogP contribution in [0.4, 0.5) is 0 Å². The topological polar surface area (TPSA) is 58.6 Å². The highest BCUT2D eigenvalue weighted by molar-refractivity contribution is 6.30. The number of carbonyl (C=O) groups is 2. The lowest BCUT2D eigenvalue weighted by atomic mass is 10.1. The summed E-state index contributed by atoms with van der Waals surface area (Å²) in [4.78, 5) is 26.4. The monoisotopic (exact) mass is 386 g/mol. The Balaban J connectivity index is 1.42. The number of ether oxygens (including phenoxy) is 1. The quantitative estimate of drug-likeness (QED) is 0.773. The zero-order valence-corrected chi connectivity index (χ0v) is 15.8. The molecule has 0 saturated carbocycles. The summed E-state index contributed by atoms with van der Waals surface area (Å²) >= 11 is 5.89. The van der Waals surface area contributed by atoms with Crippen molar-refractivity contribution in [2.24, 2.45) is 0 Å². The number of nitrogens with one attached hydrogen (secondary N) is 1. The van der Waals surface area contributed by atoms with Gasteiger partial charge in [0, 0.05) is 30.1 Å². The van der Waals surface area contributed by atoms with Crippen molar-refractivity contribution in [2.45, 2.75) is 18.9 Å².